The molecule has 0 bridgehead atoms. The highest BCUT2D eigenvalue weighted by molar-refractivity contribution is 5.95. The van der Waals surface area contributed by atoms with Crippen molar-refractivity contribution in [2.75, 3.05) is 25.1 Å². The van der Waals surface area contributed by atoms with E-state index < -0.39 is 0 Å². The Kier molecular flexibility index (Phi) is 6.55. The number of ether oxygens (including phenoxy) is 1. The number of aryl methyl sites for hydroxylation is 1. The first-order valence-corrected chi connectivity index (χ1v) is 11.1. The molecule has 0 spiro atoms. The number of pyridine rings is 1. The third-order valence-corrected chi connectivity index (χ3v) is 6.24. The second-order valence-corrected chi connectivity index (χ2v) is 8.16. The lowest BCUT2D eigenvalue weighted by molar-refractivity contribution is -0.125. The second kappa shape index (κ2) is 9.69. The highest BCUT2D eigenvalue weighted by Crippen LogP contribution is 2.33. The highest BCUT2D eigenvalue weighted by atomic mass is 16.5. The number of carbonyl (C=O) groups is 1. The molecule has 1 saturated heterocycles. The van der Waals surface area contributed by atoms with E-state index >= 15 is 0 Å². The van der Waals surface area contributed by atoms with Crippen molar-refractivity contribution in [3.63, 3.8) is 0 Å². The number of aromatic nitrogens is 1. The highest BCUT2D eigenvalue weighted by Gasteiger charge is 2.27. The molecule has 0 unspecified atom stereocenters. The third-order valence-electron chi connectivity index (χ3n) is 6.24. The van der Waals surface area contributed by atoms with Gasteiger partial charge < -0.3 is 15.0 Å². The topological polar surface area (TPSA) is 78.2 Å². The van der Waals surface area contributed by atoms with E-state index in [9.17, 15) is 10.1 Å². The Morgan fingerprint density at radius 3 is 2.56 bits per heavy atom. The molecule has 3 aromatic rings. The van der Waals surface area contributed by atoms with Gasteiger partial charge in [-0.2, -0.15) is 5.26 Å². The van der Waals surface area contributed by atoms with Crippen LogP contribution in [0.4, 0.5) is 5.69 Å². The van der Waals surface area contributed by atoms with Gasteiger partial charge in [-0.1, -0.05) is 25.1 Å². The van der Waals surface area contributed by atoms with Gasteiger partial charge in [0.2, 0.25) is 5.91 Å². The van der Waals surface area contributed by atoms with Crippen molar-refractivity contribution in [3.8, 4) is 11.8 Å². The number of hydrogen-bond donors (Lipinski definition) is 1. The van der Waals surface area contributed by atoms with Crippen LogP contribution >= 0.6 is 0 Å². The molecule has 164 valence electrons. The summed E-state index contributed by atoms with van der Waals surface area (Å²) in [5, 5.41) is 13.8. The van der Waals surface area contributed by atoms with Gasteiger partial charge in [-0.05, 0) is 54.7 Å². The fourth-order valence-corrected chi connectivity index (χ4v) is 4.31. The Bertz CT molecular complexity index is 1140. The molecule has 1 aliphatic heterocycles. The zero-order valence-electron chi connectivity index (χ0n) is 18.6. The summed E-state index contributed by atoms with van der Waals surface area (Å²) in [4.78, 5) is 19.5. The van der Waals surface area contributed by atoms with Crippen LogP contribution in [0.5, 0.6) is 5.75 Å². The van der Waals surface area contributed by atoms with E-state index in [1.807, 2.05) is 30.3 Å². The maximum atomic E-state index is 12.7. The number of nitriles is 1. The Balaban J connectivity index is 1.43. The number of piperidine rings is 1. The second-order valence-electron chi connectivity index (χ2n) is 8.16. The number of anilines is 1. The molecule has 1 aromatic heterocycles. The lowest BCUT2D eigenvalue weighted by atomic mass is 9.94. The van der Waals surface area contributed by atoms with Gasteiger partial charge in [-0.3, -0.25) is 9.78 Å². The summed E-state index contributed by atoms with van der Waals surface area (Å²) in [6.45, 7) is 4.12. The third kappa shape index (κ3) is 4.52. The summed E-state index contributed by atoms with van der Waals surface area (Å²) in [5.74, 6) is 0.877. The number of amides is 1. The predicted molar refractivity (Wildman–Crippen MR) is 126 cm³/mol. The first-order chi connectivity index (χ1) is 15.6. The number of methoxy groups -OCH3 is 1. The number of fused-ring (bicyclic) bond motifs is 1. The maximum Gasteiger partial charge on any atom is 0.223 e. The molecule has 1 amide bonds. The SMILES string of the molecule is CCc1ccc2ncc(C#N)c(N3CCC(C(=O)NCc4ccc(OC)cc4)CC3)c2c1. The van der Waals surface area contributed by atoms with Gasteiger partial charge in [-0.25, -0.2) is 0 Å². The summed E-state index contributed by atoms with van der Waals surface area (Å²) in [7, 11) is 1.64. The number of nitrogens with zero attached hydrogens (tertiary/aromatic N) is 3. The molecule has 0 aliphatic carbocycles. The van der Waals surface area contributed by atoms with Gasteiger partial charge in [-0.15, -0.1) is 0 Å². The Labute approximate surface area is 188 Å². The van der Waals surface area contributed by atoms with Gasteiger partial charge in [0, 0.05) is 37.1 Å². The van der Waals surface area contributed by atoms with Crippen LogP contribution in [0.2, 0.25) is 0 Å². The fraction of sp³-hybridized carbons (Fsp3) is 0.346. The zero-order chi connectivity index (χ0) is 22.5. The summed E-state index contributed by atoms with van der Waals surface area (Å²) < 4.78 is 5.18. The standard InChI is InChI=1S/C26H28N4O2/c1-3-18-6-9-24-23(14-18)25(21(15-27)17-28-24)30-12-10-20(11-13-30)26(31)29-16-19-4-7-22(32-2)8-5-19/h4-9,14,17,20H,3,10-13,16H2,1-2H3,(H,29,31). The predicted octanol–water partition coefficient (Wildman–Crippen LogP) is 4.21. The van der Waals surface area contributed by atoms with Crippen LogP contribution in [0.3, 0.4) is 0 Å². The lowest BCUT2D eigenvalue weighted by Crippen LogP contribution is -2.40. The van der Waals surface area contributed by atoms with Crippen LogP contribution in [0, 0.1) is 17.2 Å². The van der Waals surface area contributed by atoms with Crippen molar-refractivity contribution >= 4 is 22.5 Å². The fourth-order valence-electron chi connectivity index (χ4n) is 4.31. The molecule has 6 heteroatoms. The van der Waals surface area contributed by atoms with E-state index in [4.69, 9.17) is 4.74 Å². The largest absolute Gasteiger partial charge is 0.497 e. The Morgan fingerprint density at radius 1 is 1.19 bits per heavy atom. The van der Waals surface area contributed by atoms with Gasteiger partial charge in [0.15, 0.2) is 0 Å². The summed E-state index contributed by atoms with van der Waals surface area (Å²) in [5.41, 5.74) is 4.71. The van der Waals surface area contributed by atoms with Crippen molar-refractivity contribution in [2.24, 2.45) is 5.92 Å². The van der Waals surface area contributed by atoms with Gasteiger partial charge in [0.1, 0.15) is 11.8 Å². The van der Waals surface area contributed by atoms with Gasteiger partial charge in [0.25, 0.3) is 0 Å². The van der Waals surface area contributed by atoms with E-state index in [-0.39, 0.29) is 11.8 Å². The number of rotatable bonds is 6. The number of hydrogen-bond acceptors (Lipinski definition) is 5. The first-order valence-electron chi connectivity index (χ1n) is 11.1. The molecule has 32 heavy (non-hydrogen) atoms. The molecule has 1 aliphatic rings. The van der Waals surface area contributed by atoms with Crippen LogP contribution < -0.4 is 15.0 Å². The molecule has 0 saturated carbocycles. The van der Waals surface area contributed by atoms with E-state index in [1.165, 1.54) is 5.56 Å². The normalized spacial score (nSPS) is 14.2. The summed E-state index contributed by atoms with van der Waals surface area (Å²) >= 11 is 0. The van der Waals surface area contributed by atoms with Gasteiger partial charge in [0.05, 0.1) is 23.9 Å². The minimum absolute atomic E-state index is 0.0191. The number of benzene rings is 2. The molecular formula is C26H28N4O2. The molecule has 4 rings (SSSR count). The molecule has 6 nitrogen and oxygen atoms in total. The molecule has 1 N–H and O–H groups in total. The maximum absolute atomic E-state index is 12.7. The van der Waals surface area contributed by atoms with Crippen molar-refractivity contribution in [3.05, 3.63) is 65.4 Å². The number of nitrogens with one attached hydrogen (secondary N) is 1. The molecule has 1 fully saturated rings. The van der Waals surface area contributed by atoms with Crippen LogP contribution in [0.1, 0.15) is 36.5 Å². The van der Waals surface area contributed by atoms with Crippen LogP contribution in [-0.4, -0.2) is 31.1 Å². The first kappa shape index (κ1) is 21.6. The number of carbonyl (C=O) groups excluding carboxylic acids is 1. The molecular weight excluding hydrogens is 400 g/mol. The molecule has 0 atom stereocenters. The van der Waals surface area contributed by atoms with Crippen molar-refractivity contribution in [2.45, 2.75) is 32.7 Å². The Hall–Kier alpha value is -3.59. The molecule has 2 aromatic carbocycles. The van der Waals surface area contributed by atoms with Crippen molar-refractivity contribution in [1.29, 1.82) is 5.26 Å². The average Bonchev–Trinajstić information content (AvgIpc) is 2.86. The smallest absolute Gasteiger partial charge is 0.223 e. The van der Waals surface area contributed by atoms with E-state index in [1.54, 1.807) is 13.3 Å². The molecule has 2 heterocycles. The van der Waals surface area contributed by atoms with Gasteiger partial charge >= 0.3 is 0 Å². The van der Waals surface area contributed by atoms with Crippen LogP contribution in [0.25, 0.3) is 10.9 Å². The van der Waals surface area contributed by atoms with Crippen LogP contribution in [0.15, 0.2) is 48.7 Å². The van der Waals surface area contributed by atoms with E-state index in [2.05, 4.69) is 40.3 Å². The van der Waals surface area contributed by atoms with Crippen LogP contribution in [-0.2, 0) is 17.8 Å². The van der Waals surface area contributed by atoms with Crippen molar-refractivity contribution in [1.82, 2.24) is 10.3 Å². The quantitative estimate of drug-likeness (QED) is 0.636. The minimum atomic E-state index is -0.0191. The van der Waals surface area contributed by atoms with Crippen molar-refractivity contribution < 1.29 is 9.53 Å². The lowest BCUT2D eigenvalue weighted by Gasteiger charge is -2.34. The minimum Gasteiger partial charge on any atom is -0.497 e. The van der Waals surface area contributed by atoms with E-state index in [0.717, 1.165) is 60.3 Å². The summed E-state index contributed by atoms with van der Waals surface area (Å²) in [6.07, 6.45) is 4.12. The zero-order valence-corrected chi connectivity index (χ0v) is 18.6. The monoisotopic (exact) mass is 428 g/mol. The molecule has 0 radical (unpaired) electrons. The average molecular weight is 429 g/mol. The Morgan fingerprint density at radius 2 is 1.91 bits per heavy atom. The summed E-state index contributed by atoms with van der Waals surface area (Å²) in [6, 6.07) is 16.3. The van der Waals surface area contributed by atoms with E-state index in [0.29, 0.717) is 12.1 Å².